The van der Waals surface area contributed by atoms with Gasteiger partial charge in [-0.05, 0) is 68.3 Å². The molecule has 0 radical (unpaired) electrons. The number of piperazine rings is 1. The van der Waals surface area contributed by atoms with Crippen LogP contribution in [0.4, 0.5) is 5.69 Å². The Bertz CT molecular complexity index is 981. The Kier molecular flexibility index (Phi) is 5.83. The number of nitroso groups, excluding NO2 is 1. The van der Waals surface area contributed by atoms with Gasteiger partial charge in [-0.3, -0.25) is 0 Å². The largest absolute Gasteiger partial charge is 0.456 e. The minimum Gasteiger partial charge on any atom is -0.456 e. The van der Waals surface area contributed by atoms with Crippen LogP contribution in [0.15, 0.2) is 46.5 Å². The van der Waals surface area contributed by atoms with Crippen molar-refractivity contribution >= 4 is 15.7 Å². The van der Waals surface area contributed by atoms with Gasteiger partial charge in [0, 0.05) is 25.2 Å². The van der Waals surface area contributed by atoms with E-state index in [9.17, 15) is 13.3 Å². The average Bonchev–Trinajstić information content (AvgIpc) is 2.64. The molecule has 1 fully saturated rings. The molecule has 7 nitrogen and oxygen atoms in total. The summed E-state index contributed by atoms with van der Waals surface area (Å²) in [5, 5.41) is 6.22. The van der Waals surface area contributed by atoms with Crippen LogP contribution in [0.2, 0.25) is 0 Å². The number of hydrogen-bond donors (Lipinski definition) is 1. The maximum Gasteiger partial charge on any atom is 0.246 e. The summed E-state index contributed by atoms with van der Waals surface area (Å²) < 4.78 is 34.2. The van der Waals surface area contributed by atoms with E-state index in [2.05, 4.69) is 10.5 Å². The molecule has 0 amide bonds. The van der Waals surface area contributed by atoms with Crippen LogP contribution in [-0.4, -0.2) is 37.9 Å². The second-order valence-electron chi connectivity index (χ2n) is 7.38. The second kappa shape index (κ2) is 7.98. The number of sulfonamides is 1. The third kappa shape index (κ3) is 4.24. The minimum absolute atomic E-state index is 0.0225. The Hall–Kier alpha value is -2.29. The van der Waals surface area contributed by atoms with Crippen molar-refractivity contribution in [2.75, 3.05) is 13.1 Å². The molecule has 0 aliphatic carbocycles. The molecule has 2 atom stereocenters. The van der Waals surface area contributed by atoms with Crippen LogP contribution in [0, 0.1) is 18.8 Å². The molecule has 2 aromatic rings. The number of ether oxygens (including phenoxy) is 1. The molecule has 1 saturated heterocycles. The SMILES string of the molecule is Cc1ccc(C)c(Oc2ccc(N=O)cc2S(=O)(=O)N2CC(C)NC(C)C2)c1. The zero-order chi connectivity index (χ0) is 20.5. The Morgan fingerprint density at radius 2 is 1.71 bits per heavy atom. The van der Waals surface area contributed by atoms with Gasteiger partial charge < -0.3 is 10.1 Å². The van der Waals surface area contributed by atoms with Crippen LogP contribution < -0.4 is 10.1 Å². The predicted octanol–water partition coefficient (Wildman–Crippen LogP) is 3.86. The summed E-state index contributed by atoms with van der Waals surface area (Å²) in [5.41, 5.74) is 1.93. The summed E-state index contributed by atoms with van der Waals surface area (Å²) in [5.74, 6) is 0.755. The Labute approximate surface area is 165 Å². The molecule has 0 saturated carbocycles. The third-order valence-electron chi connectivity index (χ3n) is 4.74. The van der Waals surface area contributed by atoms with Gasteiger partial charge in [-0.1, -0.05) is 12.1 Å². The standard InChI is InChI=1S/C20H25N3O4S/c1-13-5-6-14(2)19(9-13)27-18-8-7-17(22-24)10-20(18)28(25,26)23-11-15(3)21-16(4)12-23/h5-10,15-16,21H,11-12H2,1-4H3. The fourth-order valence-corrected chi connectivity index (χ4v) is 5.14. The van der Waals surface area contributed by atoms with Gasteiger partial charge in [0.2, 0.25) is 10.0 Å². The molecule has 1 aliphatic rings. The molecule has 150 valence electrons. The molecule has 28 heavy (non-hydrogen) atoms. The Morgan fingerprint density at radius 3 is 2.36 bits per heavy atom. The van der Waals surface area contributed by atoms with E-state index in [1.165, 1.54) is 22.5 Å². The van der Waals surface area contributed by atoms with Crippen LogP contribution >= 0.6 is 0 Å². The van der Waals surface area contributed by atoms with Crippen LogP contribution in [-0.2, 0) is 10.0 Å². The zero-order valence-corrected chi connectivity index (χ0v) is 17.3. The third-order valence-corrected chi connectivity index (χ3v) is 6.59. The van der Waals surface area contributed by atoms with E-state index in [-0.39, 0.29) is 28.4 Å². The lowest BCUT2D eigenvalue weighted by molar-refractivity contribution is 0.262. The molecule has 1 N–H and O–H groups in total. The van der Waals surface area contributed by atoms with Crippen molar-refractivity contribution in [2.24, 2.45) is 5.18 Å². The quantitative estimate of drug-likeness (QED) is 0.766. The summed E-state index contributed by atoms with van der Waals surface area (Å²) in [6.07, 6.45) is 0. The van der Waals surface area contributed by atoms with Gasteiger partial charge in [0.1, 0.15) is 22.1 Å². The lowest BCUT2D eigenvalue weighted by atomic mass is 10.1. The van der Waals surface area contributed by atoms with Gasteiger partial charge in [-0.2, -0.15) is 4.31 Å². The molecule has 1 heterocycles. The Morgan fingerprint density at radius 1 is 1.04 bits per heavy atom. The molecular formula is C20H25N3O4S. The summed E-state index contributed by atoms with van der Waals surface area (Å²) in [6.45, 7) is 8.39. The fourth-order valence-electron chi connectivity index (χ4n) is 3.39. The number of nitrogens with one attached hydrogen (secondary N) is 1. The average molecular weight is 404 g/mol. The summed E-state index contributed by atoms with van der Waals surface area (Å²) in [6, 6.07) is 9.99. The van der Waals surface area contributed by atoms with Crippen molar-refractivity contribution in [1.82, 2.24) is 9.62 Å². The maximum atomic E-state index is 13.4. The maximum absolute atomic E-state index is 13.4. The summed E-state index contributed by atoms with van der Waals surface area (Å²) in [4.78, 5) is 11.0. The van der Waals surface area contributed by atoms with Gasteiger partial charge in [0.05, 0.1) is 0 Å². The second-order valence-corrected chi connectivity index (χ2v) is 9.29. The first-order chi connectivity index (χ1) is 13.2. The summed E-state index contributed by atoms with van der Waals surface area (Å²) >= 11 is 0. The van der Waals surface area contributed by atoms with Gasteiger partial charge in [-0.25, -0.2) is 8.42 Å². The molecule has 3 rings (SSSR count). The van der Waals surface area contributed by atoms with Crippen molar-refractivity contribution in [3.8, 4) is 11.5 Å². The summed E-state index contributed by atoms with van der Waals surface area (Å²) in [7, 11) is -3.86. The van der Waals surface area contributed by atoms with E-state index in [0.717, 1.165) is 11.1 Å². The van der Waals surface area contributed by atoms with Crippen molar-refractivity contribution in [2.45, 2.75) is 44.7 Å². The van der Waals surface area contributed by atoms with Gasteiger partial charge >= 0.3 is 0 Å². The van der Waals surface area contributed by atoms with Gasteiger partial charge in [0.25, 0.3) is 0 Å². The molecule has 2 unspecified atom stereocenters. The lowest BCUT2D eigenvalue weighted by Gasteiger charge is -2.35. The lowest BCUT2D eigenvalue weighted by Crippen LogP contribution is -2.55. The van der Waals surface area contributed by atoms with Gasteiger partial charge in [-0.15, -0.1) is 4.91 Å². The first-order valence-corrected chi connectivity index (χ1v) is 10.6. The monoisotopic (exact) mass is 403 g/mol. The van der Waals surface area contributed by atoms with Gasteiger partial charge in [0.15, 0.2) is 0 Å². The molecule has 0 aromatic heterocycles. The zero-order valence-electron chi connectivity index (χ0n) is 16.5. The molecule has 0 spiro atoms. The topological polar surface area (TPSA) is 88.1 Å². The number of hydrogen-bond acceptors (Lipinski definition) is 6. The van der Waals surface area contributed by atoms with E-state index in [1.807, 2.05) is 45.9 Å². The number of benzene rings is 2. The van der Waals surface area contributed by atoms with Crippen LogP contribution in [0.25, 0.3) is 0 Å². The first kappa shape index (κ1) is 20.4. The van der Waals surface area contributed by atoms with E-state index in [1.54, 1.807) is 0 Å². The minimum atomic E-state index is -3.86. The fraction of sp³-hybridized carbons (Fsp3) is 0.400. The van der Waals surface area contributed by atoms with E-state index in [4.69, 9.17) is 4.74 Å². The molecule has 8 heteroatoms. The molecule has 1 aliphatic heterocycles. The van der Waals surface area contributed by atoms with Crippen molar-refractivity contribution < 1.29 is 13.2 Å². The van der Waals surface area contributed by atoms with E-state index >= 15 is 0 Å². The number of nitrogens with zero attached hydrogens (tertiary/aromatic N) is 2. The number of aryl methyl sites for hydroxylation is 2. The van der Waals surface area contributed by atoms with Crippen LogP contribution in [0.1, 0.15) is 25.0 Å². The molecule has 2 aromatic carbocycles. The van der Waals surface area contributed by atoms with Crippen LogP contribution in [0.3, 0.4) is 0 Å². The molecule has 0 bridgehead atoms. The Balaban J connectivity index is 2.06. The highest BCUT2D eigenvalue weighted by Gasteiger charge is 2.34. The van der Waals surface area contributed by atoms with E-state index < -0.39 is 10.0 Å². The molecular weight excluding hydrogens is 378 g/mol. The smallest absolute Gasteiger partial charge is 0.246 e. The number of rotatable bonds is 5. The van der Waals surface area contributed by atoms with Crippen LogP contribution in [0.5, 0.6) is 11.5 Å². The highest BCUT2D eigenvalue weighted by molar-refractivity contribution is 7.89. The normalized spacial score (nSPS) is 20.7. The highest BCUT2D eigenvalue weighted by Crippen LogP contribution is 2.35. The highest BCUT2D eigenvalue weighted by atomic mass is 32.2. The van der Waals surface area contributed by atoms with Crippen molar-refractivity contribution in [1.29, 1.82) is 0 Å². The van der Waals surface area contributed by atoms with Crippen molar-refractivity contribution in [3.63, 3.8) is 0 Å². The first-order valence-electron chi connectivity index (χ1n) is 9.19. The van der Waals surface area contributed by atoms with E-state index in [0.29, 0.717) is 18.8 Å². The van der Waals surface area contributed by atoms with Crippen molar-refractivity contribution in [3.05, 3.63) is 52.4 Å². The predicted molar refractivity (Wildman–Crippen MR) is 109 cm³/mol.